The number of nitrogens with zero attached hydrogens (tertiary/aromatic N) is 2. The fraction of sp³-hybridized carbons (Fsp3) is 0.312. The smallest absolute Gasteiger partial charge is 0.0543 e. The average Bonchev–Trinajstić information content (AvgIpc) is 2.47. The van der Waals surface area contributed by atoms with Crippen LogP contribution in [0.15, 0.2) is 54.7 Å². The lowest BCUT2D eigenvalue weighted by Crippen LogP contribution is -2.39. The van der Waals surface area contributed by atoms with Gasteiger partial charge in [0.05, 0.1) is 5.69 Å². The Kier molecular flexibility index (Phi) is 5.07. The second-order valence-corrected chi connectivity index (χ2v) is 4.82. The molecule has 0 aliphatic heterocycles. The van der Waals surface area contributed by atoms with Gasteiger partial charge in [-0.05, 0) is 31.2 Å². The average molecular weight is 255 g/mol. The van der Waals surface area contributed by atoms with Crippen molar-refractivity contribution in [2.24, 2.45) is 5.73 Å². The van der Waals surface area contributed by atoms with Gasteiger partial charge >= 0.3 is 0 Å². The molecule has 1 heterocycles. The predicted molar refractivity (Wildman–Crippen MR) is 78.7 cm³/mol. The van der Waals surface area contributed by atoms with Gasteiger partial charge in [0, 0.05) is 25.3 Å². The summed E-state index contributed by atoms with van der Waals surface area (Å²) in [5.41, 5.74) is 8.32. The highest BCUT2D eigenvalue weighted by molar-refractivity contribution is 5.16. The fourth-order valence-corrected chi connectivity index (χ4v) is 2.18. The lowest BCUT2D eigenvalue weighted by atomic mass is 10.0. The van der Waals surface area contributed by atoms with E-state index in [2.05, 4.69) is 41.2 Å². The van der Waals surface area contributed by atoms with Crippen LogP contribution in [-0.2, 0) is 13.0 Å². The number of nitrogens with two attached hydrogens (primary N) is 1. The number of rotatable bonds is 6. The Bertz CT molecular complexity index is 470. The molecular formula is C16H21N3. The first-order valence-corrected chi connectivity index (χ1v) is 6.63. The summed E-state index contributed by atoms with van der Waals surface area (Å²) in [7, 11) is 2.11. The Morgan fingerprint density at radius 1 is 1.11 bits per heavy atom. The Morgan fingerprint density at radius 3 is 2.47 bits per heavy atom. The highest BCUT2D eigenvalue weighted by atomic mass is 15.1. The first-order valence-electron chi connectivity index (χ1n) is 6.63. The van der Waals surface area contributed by atoms with Crippen LogP contribution in [0.25, 0.3) is 0 Å². The Morgan fingerprint density at radius 2 is 1.84 bits per heavy atom. The number of likely N-dealkylation sites (N-methyl/N-ethyl adjacent to an activating group) is 1. The van der Waals surface area contributed by atoms with E-state index in [1.807, 2.05) is 30.5 Å². The summed E-state index contributed by atoms with van der Waals surface area (Å²) in [6.07, 6.45) is 2.80. The van der Waals surface area contributed by atoms with Gasteiger partial charge in [-0.1, -0.05) is 36.4 Å². The van der Waals surface area contributed by atoms with Gasteiger partial charge in [0.2, 0.25) is 0 Å². The van der Waals surface area contributed by atoms with Gasteiger partial charge in [-0.15, -0.1) is 0 Å². The molecule has 0 bridgehead atoms. The molecule has 100 valence electrons. The molecule has 2 N–H and O–H groups in total. The maximum absolute atomic E-state index is 5.91. The molecule has 1 aromatic carbocycles. The zero-order chi connectivity index (χ0) is 13.5. The van der Waals surface area contributed by atoms with Crippen LogP contribution in [0.3, 0.4) is 0 Å². The van der Waals surface area contributed by atoms with Crippen LogP contribution in [0.1, 0.15) is 11.3 Å². The minimum Gasteiger partial charge on any atom is -0.329 e. The highest BCUT2D eigenvalue weighted by Gasteiger charge is 2.14. The molecule has 0 aliphatic rings. The Balaban J connectivity index is 1.97. The zero-order valence-electron chi connectivity index (χ0n) is 11.4. The van der Waals surface area contributed by atoms with Crippen molar-refractivity contribution in [3.63, 3.8) is 0 Å². The quantitative estimate of drug-likeness (QED) is 0.859. The van der Waals surface area contributed by atoms with Gasteiger partial charge in [0.15, 0.2) is 0 Å². The molecule has 3 nitrogen and oxygen atoms in total. The zero-order valence-corrected chi connectivity index (χ0v) is 11.4. The van der Waals surface area contributed by atoms with Gasteiger partial charge < -0.3 is 5.73 Å². The number of benzene rings is 1. The standard InChI is InChI=1S/C16H21N3/c1-19(13-15-9-5-6-10-18-15)16(12-17)11-14-7-3-2-4-8-14/h2-10,16H,11-13,17H2,1H3. The van der Waals surface area contributed by atoms with Crippen molar-refractivity contribution in [3.8, 4) is 0 Å². The minimum absolute atomic E-state index is 0.337. The van der Waals surface area contributed by atoms with Crippen molar-refractivity contribution in [3.05, 3.63) is 66.0 Å². The molecule has 19 heavy (non-hydrogen) atoms. The highest BCUT2D eigenvalue weighted by Crippen LogP contribution is 2.09. The molecule has 1 aromatic heterocycles. The summed E-state index contributed by atoms with van der Waals surface area (Å²) in [6, 6.07) is 16.8. The van der Waals surface area contributed by atoms with Crippen molar-refractivity contribution < 1.29 is 0 Å². The van der Waals surface area contributed by atoms with Gasteiger partial charge in [-0.3, -0.25) is 9.88 Å². The second kappa shape index (κ2) is 7.02. The number of aromatic nitrogens is 1. The largest absolute Gasteiger partial charge is 0.329 e. The summed E-state index contributed by atoms with van der Waals surface area (Å²) in [6.45, 7) is 1.48. The van der Waals surface area contributed by atoms with Crippen LogP contribution in [0.5, 0.6) is 0 Å². The minimum atomic E-state index is 0.337. The molecule has 2 aromatic rings. The monoisotopic (exact) mass is 255 g/mol. The summed E-state index contributed by atoms with van der Waals surface area (Å²) in [5.74, 6) is 0. The number of pyridine rings is 1. The Labute approximate surface area is 115 Å². The molecule has 0 saturated heterocycles. The molecular weight excluding hydrogens is 234 g/mol. The van der Waals surface area contributed by atoms with Crippen LogP contribution in [-0.4, -0.2) is 29.5 Å². The van der Waals surface area contributed by atoms with E-state index >= 15 is 0 Å². The normalized spacial score (nSPS) is 12.6. The lowest BCUT2D eigenvalue weighted by Gasteiger charge is -2.26. The van der Waals surface area contributed by atoms with Gasteiger partial charge in [0.1, 0.15) is 0 Å². The summed E-state index contributed by atoms with van der Waals surface area (Å²) < 4.78 is 0. The molecule has 1 atom stereocenters. The SMILES string of the molecule is CN(Cc1ccccn1)C(CN)Cc1ccccc1. The fourth-order valence-electron chi connectivity index (χ4n) is 2.18. The topological polar surface area (TPSA) is 42.2 Å². The van der Waals surface area contributed by atoms with Crippen molar-refractivity contribution >= 4 is 0 Å². The van der Waals surface area contributed by atoms with Gasteiger partial charge in [-0.2, -0.15) is 0 Å². The van der Waals surface area contributed by atoms with Crippen molar-refractivity contribution in [1.29, 1.82) is 0 Å². The van der Waals surface area contributed by atoms with Crippen LogP contribution in [0.4, 0.5) is 0 Å². The molecule has 2 rings (SSSR count). The third kappa shape index (κ3) is 4.16. The van der Waals surface area contributed by atoms with Crippen LogP contribution in [0, 0.1) is 0 Å². The third-order valence-corrected chi connectivity index (χ3v) is 3.35. The van der Waals surface area contributed by atoms with Crippen molar-refractivity contribution in [1.82, 2.24) is 9.88 Å². The van der Waals surface area contributed by atoms with E-state index in [0.717, 1.165) is 18.7 Å². The van der Waals surface area contributed by atoms with E-state index in [0.29, 0.717) is 12.6 Å². The number of hydrogen-bond donors (Lipinski definition) is 1. The van der Waals surface area contributed by atoms with E-state index in [1.165, 1.54) is 5.56 Å². The van der Waals surface area contributed by atoms with Crippen LogP contribution in [0.2, 0.25) is 0 Å². The van der Waals surface area contributed by atoms with E-state index in [9.17, 15) is 0 Å². The van der Waals surface area contributed by atoms with E-state index in [4.69, 9.17) is 5.73 Å². The van der Waals surface area contributed by atoms with Gasteiger partial charge in [-0.25, -0.2) is 0 Å². The molecule has 3 heteroatoms. The summed E-state index contributed by atoms with van der Waals surface area (Å²) in [4.78, 5) is 6.63. The van der Waals surface area contributed by atoms with E-state index in [-0.39, 0.29) is 0 Å². The molecule has 0 fully saturated rings. The van der Waals surface area contributed by atoms with Crippen LogP contribution >= 0.6 is 0 Å². The van der Waals surface area contributed by atoms with Crippen molar-refractivity contribution in [2.45, 2.75) is 19.0 Å². The van der Waals surface area contributed by atoms with Crippen molar-refractivity contribution in [2.75, 3.05) is 13.6 Å². The van der Waals surface area contributed by atoms with E-state index in [1.54, 1.807) is 0 Å². The summed E-state index contributed by atoms with van der Waals surface area (Å²) in [5, 5.41) is 0. The molecule has 0 aliphatic carbocycles. The summed E-state index contributed by atoms with van der Waals surface area (Å²) >= 11 is 0. The third-order valence-electron chi connectivity index (χ3n) is 3.35. The first kappa shape index (κ1) is 13.7. The molecule has 0 radical (unpaired) electrons. The first-order chi connectivity index (χ1) is 9.29. The predicted octanol–water partition coefficient (Wildman–Crippen LogP) is 2.08. The Hall–Kier alpha value is -1.71. The van der Waals surface area contributed by atoms with Gasteiger partial charge in [0.25, 0.3) is 0 Å². The maximum Gasteiger partial charge on any atom is 0.0543 e. The lowest BCUT2D eigenvalue weighted by molar-refractivity contribution is 0.234. The molecule has 0 saturated carbocycles. The number of hydrogen-bond acceptors (Lipinski definition) is 3. The molecule has 0 spiro atoms. The molecule has 1 unspecified atom stereocenters. The molecule has 0 amide bonds. The van der Waals surface area contributed by atoms with Crippen LogP contribution < -0.4 is 5.73 Å². The van der Waals surface area contributed by atoms with E-state index < -0.39 is 0 Å². The maximum atomic E-state index is 5.91. The second-order valence-electron chi connectivity index (χ2n) is 4.82.